The maximum absolute atomic E-state index is 12.3. The Balaban J connectivity index is 1.70. The van der Waals surface area contributed by atoms with E-state index in [1.54, 1.807) is 0 Å². The summed E-state index contributed by atoms with van der Waals surface area (Å²) in [7, 11) is 0. The Hall–Kier alpha value is -1.85. The highest BCUT2D eigenvalue weighted by molar-refractivity contribution is 5.78. The zero-order chi connectivity index (χ0) is 16.4. The number of hydrogen-bond donors (Lipinski definition) is 0. The van der Waals surface area contributed by atoms with Crippen LogP contribution in [0.4, 0.5) is 0 Å². The number of aromatic nitrogens is 2. The highest BCUT2D eigenvalue weighted by atomic mass is 16.2. The minimum atomic E-state index is -0.0153. The highest BCUT2D eigenvalue weighted by Crippen LogP contribution is 2.25. The molecule has 6 nitrogen and oxygen atoms in total. The van der Waals surface area contributed by atoms with Gasteiger partial charge >= 0.3 is 0 Å². The van der Waals surface area contributed by atoms with Gasteiger partial charge in [0.05, 0.1) is 18.2 Å². The third kappa shape index (κ3) is 3.26. The van der Waals surface area contributed by atoms with E-state index in [9.17, 15) is 9.59 Å². The smallest absolute Gasteiger partial charge is 0.228 e. The van der Waals surface area contributed by atoms with Gasteiger partial charge in [-0.15, -0.1) is 0 Å². The molecule has 0 radical (unpaired) electrons. The summed E-state index contributed by atoms with van der Waals surface area (Å²) in [6.45, 7) is 7.29. The van der Waals surface area contributed by atoms with Crippen molar-refractivity contribution >= 4 is 11.8 Å². The normalized spacial score (nSPS) is 20.7. The van der Waals surface area contributed by atoms with Crippen molar-refractivity contribution in [2.24, 2.45) is 0 Å². The van der Waals surface area contributed by atoms with E-state index in [0.717, 1.165) is 57.0 Å². The first-order valence-corrected chi connectivity index (χ1v) is 8.73. The molecule has 23 heavy (non-hydrogen) atoms. The summed E-state index contributed by atoms with van der Waals surface area (Å²) in [5.74, 6) is 1.28. The van der Waals surface area contributed by atoms with Crippen LogP contribution in [0.5, 0.6) is 0 Å². The highest BCUT2D eigenvalue weighted by Gasteiger charge is 2.29. The van der Waals surface area contributed by atoms with Crippen molar-refractivity contribution in [1.29, 1.82) is 0 Å². The lowest BCUT2D eigenvalue weighted by atomic mass is 10.2. The molecule has 0 bridgehead atoms. The summed E-state index contributed by atoms with van der Waals surface area (Å²) in [5, 5.41) is 0. The summed E-state index contributed by atoms with van der Waals surface area (Å²) >= 11 is 0. The number of imidazole rings is 1. The summed E-state index contributed by atoms with van der Waals surface area (Å²) in [5.41, 5.74) is 0.827. The van der Waals surface area contributed by atoms with Crippen molar-refractivity contribution < 1.29 is 9.59 Å². The molecule has 1 fully saturated rings. The maximum atomic E-state index is 12.3. The Morgan fingerprint density at radius 3 is 2.61 bits per heavy atom. The van der Waals surface area contributed by atoms with Crippen LogP contribution in [-0.2, 0) is 22.6 Å². The lowest BCUT2D eigenvalue weighted by Crippen LogP contribution is -2.40. The van der Waals surface area contributed by atoms with Crippen molar-refractivity contribution in [3.63, 3.8) is 0 Å². The first-order chi connectivity index (χ1) is 11.1. The van der Waals surface area contributed by atoms with E-state index >= 15 is 0 Å². The number of carbonyl (C=O) groups is 2. The van der Waals surface area contributed by atoms with Crippen LogP contribution in [-0.4, -0.2) is 50.8 Å². The molecule has 0 aliphatic carbocycles. The molecule has 1 aromatic heterocycles. The molecule has 2 aliphatic rings. The fourth-order valence-electron chi connectivity index (χ4n) is 3.56. The van der Waals surface area contributed by atoms with E-state index in [4.69, 9.17) is 0 Å². The van der Waals surface area contributed by atoms with Crippen molar-refractivity contribution in [1.82, 2.24) is 19.4 Å². The van der Waals surface area contributed by atoms with Crippen LogP contribution in [0.25, 0.3) is 0 Å². The third-order valence-electron chi connectivity index (χ3n) is 4.86. The zero-order valence-corrected chi connectivity index (χ0v) is 14.1. The van der Waals surface area contributed by atoms with E-state index in [1.165, 1.54) is 0 Å². The van der Waals surface area contributed by atoms with Gasteiger partial charge < -0.3 is 14.4 Å². The molecule has 0 spiro atoms. The molecule has 3 heterocycles. The lowest BCUT2D eigenvalue weighted by Gasteiger charge is -2.33. The Morgan fingerprint density at radius 2 is 1.91 bits per heavy atom. The maximum Gasteiger partial charge on any atom is 0.228 e. The van der Waals surface area contributed by atoms with E-state index in [1.807, 2.05) is 29.8 Å². The van der Waals surface area contributed by atoms with Crippen LogP contribution in [0.2, 0.25) is 0 Å². The number of fused-ring (bicyclic) bond motifs is 1. The number of hydrogen-bond acceptors (Lipinski definition) is 3. The van der Waals surface area contributed by atoms with Gasteiger partial charge in [0, 0.05) is 38.8 Å². The molecule has 126 valence electrons. The van der Waals surface area contributed by atoms with Crippen LogP contribution in [0, 0.1) is 0 Å². The Labute approximate surface area is 137 Å². The van der Waals surface area contributed by atoms with Gasteiger partial charge in [0.2, 0.25) is 11.8 Å². The SMILES string of the molecule is CCCC(=O)N1CCn2cc(CC(=O)N3CCCC3)nc2[C@H]1C. The average Bonchev–Trinajstić information content (AvgIpc) is 3.16. The topological polar surface area (TPSA) is 58.4 Å². The van der Waals surface area contributed by atoms with Gasteiger partial charge in [0.1, 0.15) is 5.82 Å². The quantitative estimate of drug-likeness (QED) is 0.850. The molecule has 1 saturated heterocycles. The monoisotopic (exact) mass is 318 g/mol. The summed E-state index contributed by atoms with van der Waals surface area (Å²) in [6.07, 6.45) is 6.03. The van der Waals surface area contributed by atoms with E-state index in [-0.39, 0.29) is 17.9 Å². The average molecular weight is 318 g/mol. The van der Waals surface area contributed by atoms with Gasteiger partial charge in [0.15, 0.2) is 0 Å². The molecule has 0 N–H and O–H groups in total. The molecule has 0 aromatic carbocycles. The van der Waals surface area contributed by atoms with Gasteiger partial charge in [0.25, 0.3) is 0 Å². The molecule has 6 heteroatoms. The van der Waals surface area contributed by atoms with E-state index < -0.39 is 0 Å². The fourth-order valence-corrected chi connectivity index (χ4v) is 3.56. The van der Waals surface area contributed by atoms with Crippen molar-refractivity contribution in [3.05, 3.63) is 17.7 Å². The Bertz CT molecular complexity index is 589. The minimum absolute atomic E-state index is 0.0153. The number of carbonyl (C=O) groups excluding carboxylic acids is 2. The van der Waals surface area contributed by atoms with E-state index in [0.29, 0.717) is 12.8 Å². The van der Waals surface area contributed by atoms with Gasteiger partial charge in [-0.1, -0.05) is 6.92 Å². The second-order valence-electron chi connectivity index (χ2n) is 6.56. The van der Waals surface area contributed by atoms with Crippen LogP contribution >= 0.6 is 0 Å². The van der Waals surface area contributed by atoms with Crippen molar-refractivity contribution in [2.75, 3.05) is 19.6 Å². The molecule has 0 saturated carbocycles. The number of likely N-dealkylation sites (tertiary alicyclic amines) is 1. The Morgan fingerprint density at radius 1 is 1.17 bits per heavy atom. The van der Waals surface area contributed by atoms with Crippen LogP contribution < -0.4 is 0 Å². The number of rotatable bonds is 4. The lowest BCUT2D eigenvalue weighted by molar-refractivity contribution is -0.134. The largest absolute Gasteiger partial charge is 0.342 e. The predicted molar refractivity (Wildman–Crippen MR) is 86.8 cm³/mol. The minimum Gasteiger partial charge on any atom is -0.342 e. The molecular weight excluding hydrogens is 292 g/mol. The number of nitrogens with zero attached hydrogens (tertiary/aromatic N) is 4. The summed E-state index contributed by atoms with van der Waals surface area (Å²) in [4.78, 5) is 33.0. The molecule has 2 amide bonds. The molecule has 3 rings (SSSR count). The van der Waals surface area contributed by atoms with Gasteiger partial charge in [-0.25, -0.2) is 4.98 Å². The van der Waals surface area contributed by atoms with Crippen molar-refractivity contribution in [2.45, 2.75) is 58.5 Å². The summed E-state index contributed by atoms with van der Waals surface area (Å²) in [6, 6.07) is -0.0153. The molecule has 2 aliphatic heterocycles. The van der Waals surface area contributed by atoms with Gasteiger partial charge in [-0.2, -0.15) is 0 Å². The number of amides is 2. The third-order valence-corrected chi connectivity index (χ3v) is 4.86. The van der Waals surface area contributed by atoms with Gasteiger partial charge in [-0.3, -0.25) is 9.59 Å². The summed E-state index contributed by atoms with van der Waals surface area (Å²) < 4.78 is 2.10. The first-order valence-electron chi connectivity index (χ1n) is 8.73. The predicted octanol–water partition coefficient (Wildman–Crippen LogP) is 1.75. The second-order valence-corrected chi connectivity index (χ2v) is 6.56. The standard InChI is InChI=1S/C17H26N4O2/c1-3-6-15(22)21-10-9-20-12-14(18-17(20)13(21)2)11-16(23)19-7-4-5-8-19/h12-13H,3-11H2,1-2H3/t13-/m1/s1. The molecule has 1 aromatic rings. The van der Waals surface area contributed by atoms with Crippen LogP contribution in [0.1, 0.15) is 57.1 Å². The molecule has 1 atom stereocenters. The van der Waals surface area contributed by atoms with Crippen molar-refractivity contribution in [3.8, 4) is 0 Å². The Kier molecular flexibility index (Phi) is 4.68. The second kappa shape index (κ2) is 6.72. The zero-order valence-electron chi connectivity index (χ0n) is 14.1. The van der Waals surface area contributed by atoms with Crippen LogP contribution in [0.15, 0.2) is 6.20 Å². The first kappa shape index (κ1) is 16.0. The van der Waals surface area contributed by atoms with Crippen LogP contribution in [0.3, 0.4) is 0 Å². The molecular formula is C17H26N4O2. The fraction of sp³-hybridized carbons (Fsp3) is 0.706. The van der Waals surface area contributed by atoms with Gasteiger partial charge in [-0.05, 0) is 26.2 Å². The molecule has 0 unspecified atom stereocenters. The van der Waals surface area contributed by atoms with E-state index in [2.05, 4.69) is 9.55 Å².